The molecule has 1 aromatic rings. The van der Waals surface area contributed by atoms with Crippen molar-refractivity contribution in [1.29, 1.82) is 0 Å². The van der Waals surface area contributed by atoms with Gasteiger partial charge in [0, 0.05) is 18.4 Å². The number of ether oxygens (including phenoxy) is 1. The first-order valence-electron chi connectivity index (χ1n) is 6.39. The molecular formula is C15H20O3. The summed E-state index contributed by atoms with van der Waals surface area (Å²) in [4.78, 5) is 10.7. The molecule has 0 saturated heterocycles. The summed E-state index contributed by atoms with van der Waals surface area (Å²) in [6.45, 7) is 7.21. The second-order valence-electron chi connectivity index (χ2n) is 5.87. The maximum atomic E-state index is 10.7. The van der Waals surface area contributed by atoms with E-state index in [1.165, 1.54) is 11.1 Å². The molecule has 0 fully saturated rings. The third-order valence-corrected chi connectivity index (χ3v) is 3.28. The third kappa shape index (κ3) is 2.66. The van der Waals surface area contributed by atoms with E-state index in [9.17, 15) is 4.79 Å². The summed E-state index contributed by atoms with van der Waals surface area (Å²) in [7, 11) is 0. The lowest BCUT2D eigenvalue weighted by Gasteiger charge is -2.23. The van der Waals surface area contributed by atoms with Crippen LogP contribution < -0.4 is 4.74 Å². The Bertz CT molecular complexity index is 469. The van der Waals surface area contributed by atoms with Crippen molar-refractivity contribution in [2.45, 2.75) is 45.4 Å². The number of carboxylic acid groups (broad SMARTS) is 1. The van der Waals surface area contributed by atoms with Crippen LogP contribution in [0.4, 0.5) is 0 Å². The van der Waals surface area contributed by atoms with Crippen LogP contribution in [0.5, 0.6) is 5.75 Å². The minimum absolute atomic E-state index is 0.0215. The van der Waals surface area contributed by atoms with Crippen molar-refractivity contribution in [3.8, 4) is 5.75 Å². The number of hydrogen-bond acceptors (Lipinski definition) is 2. The predicted molar refractivity (Wildman–Crippen MR) is 70.3 cm³/mol. The van der Waals surface area contributed by atoms with E-state index in [1.807, 2.05) is 0 Å². The number of benzene rings is 1. The molecule has 0 radical (unpaired) electrons. The number of aliphatic carboxylic acids is 1. The molecule has 0 saturated carbocycles. The van der Waals surface area contributed by atoms with Crippen molar-refractivity contribution in [2.24, 2.45) is 0 Å². The Morgan fingerprint density at radius 1 is 1.39 bits per heavy atom. The highest BCUT2D eigenvalue weighted by molar-refractivity contribution is 5.67. The topological polar surface area (TPSA) is 46.5 Å². The van der Waals surface area contributed by atoms with Gasteiger partial charge in [0.05, 0.1) is 6.61 Å². The number of carboxylic acids is 1. The highest BCUT2D eigenvalue weighted by Gasteiger charge is 2.25. The summed E-state index contributed by atoms with van der Waals surface area (Å²) >= 11 is 0. The van der Waals surface area contributed by atoms with Gasteiger partial charge in [-0.3, -0.25) is 4.79 Å². The average molecular weight is 248 g/mol. The lowest BCUT2D eigenvalue weighted by Crippen LogP contribution is -2.13. The highest BCUT2D eigenvalue weighted by atomic mass is 16.5. The molecule has 1 aliphatic heterocycles. The van der Waals surface area contributed by atoms with Gasteiger partial charge in [-0.05, 0) is 23.0 Å². The van der Waals surface area contributed by atoms with Gasteiger partial charge in [-0.1, -0.05) is 32.9 Å². The van der Waals surface area contributed by atoms with Crippen LogP contribution in [0.1, 0.15) is 43.9 Å². The molecule has 98 valence electrons. The van der Waals surface area contributed by atoms with E-state index in [0.717, 1.165) is 24.3 Å². The maximum Gasteiger partial charge on any atom is 0.303 e. The van der Waals surface area contributed by atoms with Gasteiger partial charge in [0.1, 0.15) is 5.75 Å². The SMILES string of the molecule is CC(C)(C)c1cc(CCC(=O)O)cc2c1OCC2. The summed E-state index contributed by atoms with van der Waals surface area (Å²) in [6, 6.07) is 4.20. The van der Waals surface area contributed by atoms with Crippen molar-refractivity contribution >= 4 is 5.97 Å². The van der Waals surface area contributed by atoms with Crippen LogP contribution in [-0.4, -0.2) is 17.7 Å². The summed E-state index contributed by atoms with van der Waals surface area (Å²) in [5.41, 5.74) is 3.54. The van der Waals surface area contributed by atoms with E-state index in [0.29, 0.717) is 6.42 Å². The first-order chi connectivity index (χ1) is 8.38. The number of rotatable bonds is 3. The molecule has 18 heavy (non-hydrogen) atoms. The molecule has 1 aliphatic rings. The van der Waals surface area contributed by atoms with Crippen LogP contribution in [0.15, 0.2) is 12.1 Å². The van der Waals surface area contributed by atoms with Crippen molar-refractivity contribution < 1.29 is 14.6 Å². The molecular weight excluding hydrogens is 228 g/mol. The van der Waals surface area contributed by atoms with Gasteiger partial charge in [0.15, 0.2) is 0 Å². The average Bonchev–Trinajstić information content (AvgIpc) is 2.71. The van der Waals surface area contributed by atoms with Crippen molar-refractivity contribution in [3.05, 3.63) is 28.8 Å². The summed E-state index contributed by atoms with van der Waals surface area (Å²) < 4.78 is 5.72. The predicted octanol–water partition coefficient (Wildman–Crippen LogP) is 2.94. The Morgan fingerprint density at radius 3 is 2.72 bits per heavy atom. The molecule has 0 aliphatic carbocycles. The number of aryl methyl sites for hydroxylation is 1. The summed E-state index contributed by atoms with van der Waals surface area (Å²) in [6.07, 6.45) is 1.70. The first-order valence-corrected chi connectivity index (χ1v) is 6.39. The molecule has 1 heterocycles. The Labute approximate surface area is 108 Å². The minimum Gasteiger partial charge on any atom is -0.493 e. The third-order valence-electron chi connectivity index (χ3n) is 3.28. The monoisotopic (exact) mass is 248 g/mol. The Hall–Kier alpha value is -1.51. The maximum absolute atomic E-state index is 10.7. The molecule has 0 spiro atoms. The molecule has 3 heteroatoms. The lowest BCUT2D eigenvalue weighted by molar-refractivity contribution is -0.136. The first kappa shape index (κ1) is 12.9. The van der Waals surface area contributed by atoms with E-state index >= 15 is 0 Å². The molecule has 1 N–H and O–H groups in total. The van der Waals surface area contributed by atoms with Crippen molar-refractivity contribution in [2.75, 3.05) is 6.61 Å². The highest BCUT2D eigenvalue weighted by Crippen LogP contribution is 2.38. The van der Waals surface area contributed by atoms with E-state index in [1.54, 1.807) is 0 Å². The largest absolute Gasteiger partial charge is 0.493 e. The molecule has 1 aromatic carbocycles. The van der Waals surface area contributed by atoms with Crippen LogP contribution in [0.3, 0.4) is 0 Å². The molecule has 0 atom stereocenters. The number of carbonyl (C=O) groups is 1. The number of hydrogen-bond donors (Lipinski definition) is 1. The molecule has 0 aromatic heterocycles. The van der Waals surface area contributed by atoms with Crippen LogP contribution in [0.25, 0.3) is 0 Å². The van der Waals surface area contributed by atoms with Crippen molar-refractivity contribution in [1.82, 2.24) is 0 Å². The van der Waals surface area contributed by atoms with Crippen LogP contribution in [-0.2, 0) is 23.1 Å². The quantitative estimate of drug-likeness (QED) is 0.894. The smallest absolute Gasteiger partial charge is 0.303 e. The second kappa shape index (κ2) is 4.63. The zero-order valence-corrected chi connectivity index (χ0v) is 11.2. The van der Waals surface area contributed by atoms with Gasteiger partial charge in [-0.25, -0.2) is 0 Å². The number of fused-ring (bicyclic) bond motifs is 1. The van der Waals surface area contributed by atoms with Gasteiger partial charge < -0.3 is 9.84 Å². The van der Waals surface area contributed by atoms with Crippen LogP contribution >= 0.6 is 0 Å². The minimum atomic E-state index is -0.746. The Morgan fingerprint density at radius 2 is 2.11 bits per heavy atom. The van der Waals surface area contributed by atoms with Gasteiger partial charge in [-0.15, -0.1) is 0 Å². The second-order valence-corrected chi connectivity index (χ2v) is 5.87. The molecule has 0 bridgehead atoms. The van der Waals surface area contributed by atoms with E-state index in [-0.39, 0.29) is 11.8 Å². The van der Waals surface area contributed by atoms with E-state index in [2.05, 4.69) is 32.9 Å². The van der Waals surface area contributed by atoms with Crippen LogP contribution in [0, 0.1) is 0 Å². The summed E-state index contributed by atoms with van der Waals surface area (Å²) in [5, 5.41) is 8.77. The Kier molecular flexibility index (Phi) is 3.33. The molecule has 2 rings (SSSR count). The zero-order chi connectivity index (χ0) is 13.3. The standard InChI is InChI=1S/C15H20O3/c1-15(2,3)12-9-10(4-5-13(16)17)8-11-6-7-18-14(11)12/h8-9H,4-7H2,1-3H3,(H,16,17). The normalized spacial score (nSPS) is 14.2. The van der Waals surface area contributed by atoms with Crippen LogP contribution in [0.2, 0.25) is 0 Å². The molecule has 0 unspecified atom stereocenters. The lowest BCUT2D eigenvalue weighted by atomic mass is 9.83. The van der Waals surface area contributed by atoms with E-state index in [4.69, 9.17) is 9.84 Å². The van der Waals surface area contributed by atoms with E-state index < -0.39 is 5.97 Å². The fourth-order valence-electron chi connectivity index (χ4n) is 2.33. The summed E-state index contributed by atoms with van der Waals surface area (Å²) in [5.74, 6) is 0.269. The fourth-order valence-corrected chi connectivity index (χ4v) is 2.33. The van der Waals surface area contributed by atoms with Gasteiger partial charge in [-0.2, -0.15) is 0 Å². The van der Waals surface area contributed by atoms with Crippen molar-refractivity contribution in [3.63, 3.8) is 0 Å². The van der Waals surface area contributed by atoms with Gasteiger partial charge in [0.25, 0.3) is 0 Å². The van der Waals surface area contributed by atoms with Gasteiger partial charge >= 0.3 is 5.97 Å². The van der Waals surface area contributed by atoms with Gasteiger partial charge in [0.2, 0.25) is 0 Å². The molecule has 3 nitrogen and oxygen atoms in total. The molecule has 0 amide bonds. The fraction of sp³-hybridized carbons (Fsp3) is 0.533. The Balaban J connectivity index is 2.36. The zero-order valence-electron chi connectivity index (χ0n) is 11.2.